The molecule has 0 radical (unpaired) electrons. The fourth-order valence-corrected chi connectivity index (χ4v) is 1.84. The van der Waals surface area contributed by atoms with E-state index < -0.39 is 23.2 Å². The van der Waals surface area contributed by atoms with Crippen LogP contribution in [0.15, 0.2) is 41.5 Å². The molecule has 1 heterocycles. The van der Waals surface area contributed by atoms with Gasteiger partial charge in [0.15, 0.2) is 0 Å². The number of nitrogens with one attached hydrogen (secondary N) is 1. The van der Waals surface area contributed by atoms with Crippen LogP contribution in [0.4, 0.5) is 10.1 Å². The summed E-state index contributed by atoms with van der Waals surface area (Å²) in [4.78, 5) is 35.5. The number of esters is 2. The number of pyridine rings is 1. The summed E-state index contributed by atoms with van der Waals surface area (Å²) < 4.78 is 23.8. The number of carbonyl (C=O) groups is 2. The van der Waals surface area contributed by atoms with Crippen molar-refractivity contribution in [2.45, 2.75) is 0 Å². The van der Waals surface area contributed by atoms with Crippen LogP contribution in [0.2, 0.25) is 0 Å². The normalized spacial score (nSPS) is 10.0. The number of carbonyl (C=O) groups excluding carboxylic acids is 2. The Morgan fingerprint density at radius 1 is 1.04 bits per heavy atom. The zero-order valence-electron chi connectivity index (χ0n) is 12.3. The predicted molar refractivity (Wildman–Crippen MR) is 78.8 cm³/mol. The molecule has 2 aromatic rings. The fraction of sp³-hybridized carbons (Fsp3) is 0.133. The topological polar surface area (TPSA) is 86.6 Å². The molecule has 8 heteroatoms. The number of aromatic nitrogens is 1. The van der Waals surface area contributed by atoms with Crippen LogP contribution in [-0.4, -0.2) is 30.8 Å². The number of benzene rings is 1. The molecule has 0 aliphatic carbocycles. The monoisotopic (exact) mass is 320 g/mol. The average Bonchev–Trinajstić information content (AvgIpc) is 2.56. The van der Waals surface area contributed by atoms with E-state index >= 15 is 0 Å². The summed E-state index contributed by atoms with van der Waals surface area (Å²) in [7, 11) is 2.20. The lowest BCUT2D eigenvalue weighted by Crippen LogP contribution is -2.27. The Kier molecular flexibility index (Phi) is 4.75. The molecule has 1 N–H and O–H groups in total. The van der Waals surface area contributed by atoms with Crippen LogP contribution in [0.1, 0.15) is 20.7 Å². The van der Waals surface area contributed by atoms with Gasteiger partial charge in [0.2, 0.25) is 5.43 Å². The van der Waals surface area contributed by atoms with Crippen molar-refractivity contribution in [1.29, 1.82) is 0 Å². The van der Waals surface area contributed by atoms with E-state index in [0.29, 0.717) is 0 Å². The van der Waals surface area contributed by atoms with Gasteiger partial charge in [-0.2, -0.15) is 0 Å². The van der Waals surface area contributed by atoms with Gasteiger partial charge in [-0.05, 0) is 12.1 Å². The lowest BCUT2D eigenvalue weighted by Gasteiger charge is -2.13. The molecule has 0 unspecified atom stereocenters. The van der Waals surface area contributed by atoms with Gasteiger partial charge in [0.25, 0.3) is 0 Å². The second kappa shape index (κ2) is 6.73. The Bertz CT molecular complexity index is 776. The van der Waals surface area contributed by atoms with Crippen molar-refractivity contribution >= 4 is 17.6 Å². The Balaban J connectivity index is 2.56. The average molecular weight is 320 g/mol. The molecule has 0 atom stereocenters. The fourth-order valence-electron chi connectivity index (χ4n) is 1.84. The molecule has 0 spiro atoms. The van der Waals surface area contributed by atoms with Crippen LogP contribution in [0.5, 0.6) is 0 Å². The van der Waals surface area contributed by atoms with Gasteiger partial charge in [-0.25, -0.2) is 14.0 Å². The Labute approximate surface area is 130 Å². The second-order valence-corrected chi connectivity index (χ2v) is 4.40. The van der Waals surface area contributed by atoms with Crippen LogP contribution in [-0.2, 0) is 9.47 Å². The van der Waals surface area contributed by atoms with Gasteiger partial charge < -0.3 is 9.47 Å². The van der Waals surface area contributed by atoms with E-state index in [4.69, 9.17) is 0 Å². The molecule has 0 aliphatic heterocycles. The molecular formula is C15H13FN2O5. The van der Waals surface area contributed by atoms with E-state index in [2.05, 4.69) is 14.9 Å². The van der Waals surface area contributed by atoms with E-state index in [1.165, 1.54) is 18.2 Å². The summed E-state index contributed by atoms with van der Waals surface area (Å²) >= 11 is 0. The van der Waals surface area contributed by atoms with Crippen molar-refractivity contribution in [3.05, 3.63) is 63.8 Å². The molecule has 7 nitrogen and oxygen atoms in total. The number of hydrogen-bond donors (Lipinski definition) is 1. The van der Waals surface area contributed by atoms with Gasteiger partial charge in [-0.3, -0.25) is 14.9 Å². The van der Waals surface area contributed by atoms with Crippen LogP contribution in [0.25, 0.3) is 0 Å². The minimum Gasteiger partial charge on any atom is -0.465 e. The van der Waals surface area contributed by atoms with Crippen LogP contribution in [0, 0.1) is 5.82 Å². The summed E-state index contributed by atoms with van der Waals surface area (Å²) in [6.07, 6.45) is 2.21. The van der Waals surface area contributed by atoms with Crippen LogP contribution >= 0.6 is 0 Å². The highest BCUT2D eigenvalue weighted by molar-refractivity contribution is 5.94. The van der Waals surface area contributed by atoms with Crippen molar-refractivity contribution in [3.63, 3.8) is 0 Å². The highest BCUT2D eigenvalue weighted by Crippen LogP contribution is 2.13. The summed E-state index contributed by atoms with van der Waals surface area (Å²) in [6, 6.07) is 5.78. The maximum Gasteiger partial charge on any atom is 0.343 e. The first-order chi connectivity index (χ1) is 11.0. The molecule has 0 amide bonds. The number of rotatable bonds is 4. The summed E-state index contributed by atoms with van der Waals surface area (Å²) in [5.74, 6) is -2.40. The van der Waals surface area contributed by atoms with E-state index in [9.17, 15) is 18.8 Å². The summed E-state index contributed by atoms with van der Waals surface area (Å²) in [5.41, 5.74) is 1.09. The predicted octanol–water partition coefficient (Wildman–Crippen LogP) is 1.44. The third-order valence-electron chi connectivity index (χ3n) is 2.96. The Hall–Kier alpha value is -3.16. The molecule has 0 aliphatic rings. The molecule has 2 rings (SSSR count). The van der Waals surface area contributed by atoms with E-state index in [-0.39, 0.29) is 16.8 Å². The van der Waals surface area contributed by atoms with E-state index in [1.54, 1.807) is 6.07 Å². The quantitative estimate of drug-likeness (QED) is 0.858. The molecule has 1 aromatic heterocycles. The largest absolute Gasteiger partial charge is 0.465 e. The number of halogens is 1. The summed E-state index contributed by atoms with van der Waals surface area (Å²) in [5, 5.41) is 0. The van der Waals surface area contributed by atoms with Gasteiger partial charge in [0.1, 0.15) is 16.9 Å². The Morgan fingerprint density at radius 2 is 1.57 bits per heavy atom. The third kappa shape index (κ3) is 3.37. The van der Waals surface area contributed by atoms with Crippen molar-refractivity contribution in [2.24, 2.45) is 0 Å². The highest BCUT2D eigenvalue weighted by atomic mass is 19.1. The van der Waals surface area contributed by atoms with E-state index in [1.807, 2.05) is 0 Å². The number of ether oxygens (including phenoxy) is 2. The van der Waals surface area contributed by atoms with Crippen LogP contribution < -0.4 is 10.9 Å². The van der Waals surface area contributed by atoms with Gasteiger partial charge in [0, 0.05) is 12.4 Å². The first kappa shape index (κ1) is 16.2. The zero-order chi connectivity index (χ0) is 17.0. The number of hydrogen-bond acceptors (Lipinski definition) is 6. The molecule has 0 fully saturated rings. The van der Waals surface area contributed by atoms with Crippen molar-refractivity contribution in [2.75, 3.05) is 19.6 Å². The van der Waals surface area contributed by atoms with Crippen LogP contribution in [0.3, 0.4) is 0 Å². The zero-order valence-corrected chi connectivity index (χ0v) is 12.3. The number of nitrogens with zero attached hydrogens (tertiary/aromatic N) is 1. The molecule has 0 saturated heterocycles. The SMILES string of the molecule is COC(=O)c1cn(Nc2ccccc2F)cc(C(=O)OC)c1=O. The lowest BCUT2D eigenvalue weighted by molar-refractivity contribution is 0.0594. The Morgan fingerprint density at radius 3 is 2.04 bits per heavy atom. The second-order valence-electron chi connectivity index (χ2n) is 4.40. The molecule has 23 heavy (non-hydrogen) atoms. The first-order valence-corrected chi connectivity index (χ1v) is 6.42. The molecule has 0 bridgehead atoms. The highest BCUT2D eigenvalue weighted by Gasteiger charge is 2.20. The smallest absolute Gasteiger partial charge is 0.343 e. The number of anilines is 1. The van der Waals surface area contributed by atoms with Gasteiger partial charge >= 0.3 is 11.9 Å². The minimum atomic E-state index is -0.926. The third-order valence-corrected chi connectivity index (χ3v) is 2.96. The minimum absolute atomic E-state index is 0.0859. The molecule has 1 aromatic carbocycles. The van der Waals surface area contributed by atoms with E-state index in [0.717, 1.165) is 31.3 Å². The lowest BCUT2D eigenvalue weighted by atomic mass is 10.2. The van der Waals surface area contributed by atoms with Crippen molar-refractivity contribution < 1.29 is 23.5 Å². The van der Waals surface area contributed by atoms with Crippen molar-refractivity contribution in [1.82, 2.24) is 4.68 Å². The number of para-hydroxylation sites is 1. The van der Waals surface area contributed by atoms with Gasteiger partial charge in [-0.15, -0.1) is 0 Å². The standard InChI is InChI=1S/C15H13FN2O5/c1-22-14(20)9-7-18(8-10(13(9)19)15(21)23-2)17-12-6-4-3-5-11(12)16/h3-8,17H,1-2H3. The maximum absolute atomic E-state index is 13.7. The molecular weight excluding hydrogens is 307 g/mol. The molecule has 120 valence electrons. The number of methoxy groups -OCH3 is 2. The maximum atomic E-state index is 13.7. The summed E-state index contributed by atoms with van der Waals surface area (Å²) in [6.45, 7) is 0. The van der Waals surface area contributed by atoms with Crippen molar-refractivity contribution in [3.8, 4) is 0 Å². The first-order valence-electron chi connectivity index (χ1n) is 6.42. The van der Waals surface area contributed by atoms with Gasteiger partial charge in [-0.1, -0.05) is 12.1 Å². The molecule has 0 saturated carbocycles. The van der Waals surface area contributed by atoms with Gasteiger partial charge in [0.05, 0.1) is 19.9 Å².